The molecule has 1 amide bonds. The summed E-state index contributed by atoms with van der Waals surface area (Å²) in [5, 5.41) is 18.6. The van der Waals surface area contributed by atoms with Crippen molar-refractivity contribution in [1.29, 1.82) is 0 Å². The Labute approximate surface area is 133 Å². The summed E-state index contributed by atoms with van der Waals surface area (Å²) >= 11 is 0. The first-order chi connectivity index (χ1) is 10.9. The maximum atomic E-state index is 12.1. The normalized spacial score (nSPS) is 20.3. The number of carboxylic acids is 1. The second-order valence-electron chi connectivity index (χ2n) is 5.38. The summed E-state index contributed by atoms with van der Waals surface area (Å²) in [6.07, 6.45) is -0.402. The third-order valence-corrected chi connectivity index (χ3v) is 3.74. The Morgan fingerprint density at radius 1 is 1.26 bits per heavy atom. The van der Waals surface area contributed by atoms with Crippen LogP contribution in [0.5, 0.6) is 5.75 Å². The number of hydrogen-bond donors (Lipinski definition) is 2. The smallest absolute Gasteiger partial charge is 0.326 e. The molecule has 1 aromatic rings. The highest BCUT2D eigenvalue weighted by molar-refractivity contribution is 5.95. The van der Waals surface area contributed by atoms with Gasteiger partial charge in [0.25, 0.3) is 5.91 Å². The van der Waals surface area contributed by atoms with Crippen molar-refractivity contribution >= 4 is 17.7 Å². The molecular formula is C16H19NO6. The number of ketones is 1. The van der Waals surface area contributed by atoms with Crippen molar-refractivity contribution in [2.24, 2.45) is 0 Å². The van der Waals surface area contributed by atoms with E-state index >= 15 is 0 Å². The number of aliphatic hydroxyl groups excluding tert-OH is 1. The summed E-state index contributed by atoms with van der Waals surface area (Å²) in [6.45, 7) is 1.44. The monoisotopic (exact) mass is 321 g/mol. The van der Waals surface area contributed by atoms with Crippen LogP contribution < -0.4 is 4.74 Å². The molecule has 7 nitrogen and oxygen atoms in total. The van der Waals surface area contributed by atoms with Gasteiger partial charge in [-0.2, -0.15) is 0 Å². The van der Waals surface area contributed by atoms with Crippen molar-refractivity contribution in [2.75, 3.05) is 13.2 Å². The maximum absolute atomic E-state index is 12.1. The molecule has 1 aromatic carbocycles. The Kier molecular flexibility index (Phi) is 5.33. The number of carbonyl (C=O) groups is 3. The molecule has 2 rings (SSSR count). The lowest BCUT2D eigenvalue weighted by Crippen LogP contribution is -2.42. The highest BCUT2D eigenvalue weighted by Crippen LogP contribution is 2.19. The number of likely N-dealkylation sites (tertiary alicyclic amines) is 1. The van der Waals surface area contributed by atoms with E-state index in [-0.39, 0.29) is 25.4 Å². The van der Waals surface area contributed by atoms with Crippen LogP contribution in [0.15, 0.2) is 24.3 Å². The van der Waals surface area contributed by atoms with E-state index in [2.05, 4.69) is 0 Å². The summed E-state index contributed by atoms with van der Waals surface area (Å²) in [5.41, 5.74) is 0.569. The van der Waals surface area contributed by atoms with Gasteiger partial charge in [-0.05, 0) is 24.3 Å². The molecule has 0 radical (unpaired) electrons. The molecule has 0 aliphatic carbocycles. The number of rotatable bonds is 6. The second-order valence-corrected chi connectivity index (χ2v) is 5.38. The highest BCUT2D eigenvalue weighted by Gasteiger charge is 2.38. The van der Waals surface area contributed by atoms with E-state index in [1.54, 1.807) is 31.2 Å². The third-order valence-electron chi connectivity index (χ3n) is 3.74. The van der Waals surface area contributed by atoms with Gasteiger partial charge in [0.05, 0.1) is 6.10 Å². The topological polar surface area (TPSA) is 104 Å². The van der Waals surface area contributed by atoms with E-state index in [1.807, 2.05) is 0 Å². The molecule has 0 aromatic heterocycles. The SMILES string of the molecule is CCC(=O)c1ccc(OCC(=O)N2CC(O)CC2C(=O)O)cc1. The molecule has 1 aliphatic heterocycles. The number of β-amino-alcohol motifs (C(OH)–C–C–N with tert-alkyl or cyclic N) is 1. The quantitative estimate of drug-likeness (QED) is 0.748. The Hall–Kier alpha value is -2.41. The minimum atomic E-state index is -1.14. The third kappa shape index (κ3) is 4.07. The molecule has 2 atom stereocenters. The first-order valence-corrected chi connectivity index (χ1v) is 7.38. The van der Waals surface area contributed by atoms with Crippen molar-refractivity contribution in [3.63, 3.8) is 0 Å². The average Bonchev–Trinajstić information content (AvgIpc) is 2.94. The molecule has 23 heavy (non-hydrogen) atoms. The second kappa shape index (κ2) is 7.23. The van der Waals surface area contributed by atoms with Gasteiger partial charge in [0, 0.05) is 24.9 Å². The number of aliphatic hydroxyl groups is 1. The molecule has 1 heterocycles. The van der Waals surface area contributed by atoms with Gasteiger partial charge in [0.1, 0.15) is 11.8 Å². The van der Waals surface area contributed by atoms with E-state index in [9.17, 15) is 19.5 Å². The fourth-order valence-electron chi connectivity index (χ4n) is 2.49. The van der Waals surface area contributed by atoms with Crippen LogP contribution in [0.1, 0.15) is 30.1 Å². The number of aliphatic carboxylic acids is 1. The van der Waals surface area contributed by atoms with Gasteiger partial charge in [-0.3, -0.25) is 9.59 Å². The number of nitrogens with zero attached hydrogens (tertiary/aromatic N) is 1. The van der Waals surface area contributed by atoms with Crippen molar-refractivity contribution in [1.82, 2.24) is 4.90 Å². The van der Waals surface area contributed by atoms with Crippen LogP contribution in [0.2, 0.25) is 0 Å². The number of benzene rings is 1. The minimum Gasteiger partial charge on any atom is -0.484 e. The molecule has 1 saturated heterocycles. The van der Waals surface area contributed by atoms with Crippen LogP contribution in [0, 0.1) is 0 Å². The lowest BCUT2D eigenvalue weighted by molar-refractivity contribution is -0.148. The van der Waals surface area contributed by atoms with Gasteiger partial charge in [-0.15, -0.1) is 0 Å². The Balaban J connectivity index is 1.93. The fourth-order valence-corrected chi connectivity index (χ4v) is 2.49. The predicted octanol–water partition coefficient (Wildman–Crippen LogP) is 0.704. The van der Waals surface area contributed by atoms with Crippen LogP contribution in [-0.4, -0.2) is 58.1 Å². The molecule has 1 aliphatic rings. The number of hydrogen-bond acceptors (Lipinski definition) is 5. The molecule has 0 bridgehead atoms. The van der Waals surface area contributed by atoms with Crippen LogP contribution in [0.25, 0.3) is 0 Å². The average molecular weight is 321 g/mol. The maximum Gasteiger partial charge on any atom is 0.326 e. The van der Waals surface area contributed by atoms with Gasteiger partial charge in [-0.1, -0.05) is 6.92 Å². The summed E-state index contributed by atoms with van der Waals surface area (Å²) < 4.78 is 5.33. The van der Waals surface area contributed by atoms with E-state index in [0.29, 0.717) is 17.7 Å². The number of amides is 1. The lowest BCUT2D eigenvalue weighted by Gasteiger charge is -2.21. The van der Waals surface area contributed by atoms with Crippen molar-refractivity contribution in [3.8, 4) is 5.75 Å². The fraction of sp³-hybridized carbons (Fsp3) is 0.438. The van der Waals surface area contributed by atoms with Gasteiger partial charge < -0.3 is 19.8 Å². The van der Waals surface area contributed by atoms with Crippen molar-refractivity contribution in [2.45, 2.75) is 31.9 Å². The summed E-state index contributed by atoms with van der Waals surface area (Å²) in [6, 6.07) is 5.38. The number of carbonyl (C=O) groups excluding carboxylic acids is 2. The van der Waals surface area contributed by atoms with E-state index in [4.69, 9.17) is 9.84 Å². The molecular weight excluding hydrogens is 302 g/mol. The van der Waals surface area contributed by atoms with Gasteiger partial charge in [0.2, 0.25) is 0 Å². The molecule has 2 unspecified atom stereocenters. The first-order valence-electron chi connectivity index (χ1n) is 7.38. The predicted molar refractivity (Wildman–Crippen MR) is 80.3 cm³/mol. The van der Waals surface area contributed by atoms with Gasteiger partial charge >= 0.3 is 5.97 Å². The van der Waals surface area contributed by atoms with E-state index < -0.39 is 24.0 Å². The van der Waals surface area contributed by atoms with E-state index in [1.165, 1.54) is 0 Å². The standard InChI is InChI=1S/C16H19NO6/c1-2-14(19)10-3-5-12(6-4-10)23-9-15(20)17-8-11(18)7-13(17)16(21)22/h3-6,11,13,18H,2,7-9H2,1H3,(H,21,22). The largest absolute Gasteiger partial charge is 0.484 e. The molecule has 0 spiro atoms. The molecule has 124 valence electrons. The minimum absolute atomic E-state index is 0.0108. The summed E-state index contributed by atoms with van der Waals surface area (Å²) in [7, 11) is 0. The Morgan fingerprint density at radius 2 is 1.91 bits per heavy atom. The number of Topliss-reactive ketones (excluding diaryl/α,β-unsaturated/α-hetero) is 1. The molecule has 7 heteroatoms. The van der Waals surface area contributed by atoms with Crippen molar-refractivity contribution in [3.05, 3.63) is 29.8 Å². The lowest BCUT2D eigenvalue weighted by atomic mass is 10.1. The zero-order valence-corrected chi connectivity index (χ0v) is 12.8. The van der Waals surface area contributed by atoms with E-state index in [0.717, 1.165) is 4.90 Å². The van der Waals surface area contributed by atoms with Crippen LogP contribution >= 0.6 is 0 Å². The zero-order chi connectivity index (χ0) is 17.0. The molecule has 1 fully saturated rings. The number of carboxylic acid groups (broad SMARTS) is 1. The first kappa shape index (κ1) is 17.0. The van der Waals surface area contributed by atoms with Crippen molar-refractivity contribution < 1.29 is 29.3 Å². The summed E-state index contributed by atoms with van der Waals surface area (Å²) in [5.74, 6) is -1.21. The molecule has 0 saturated carbocycles. The van der Waals surface area contributed by atoms with Gasteiger partial charge in [0.15, 0.2) is 12.4 Å². The Bertz CT molecular complexity index is 597. The Morgan fingerprint density at radius 3 is 2.48 bits per heavy atom. The van der Waals surface area contributed by atoms with Crippen LogP contribution in [-0.2, 0) is 9.59 Å². The van der Waals surface area contributed by atoms with Gasteiger partial charge in [-0.25, -0.2) is 4.79 Å². The summed E-state index contributed by atoms with van der Waals surface area (Å²) in [4.78, 5) is 35.8. The van der Waals surface area contributed by atoms with Crippen LogP contribution in [0.4, 0.5) is 0 Å². The zero-order valence-electron chi connectivity index (χ0n) is 12.8. The molecule has 2 N–H and O–H groups in total. The number of ether oxygens (including phenoxy) is 1. The highest BCUT2D eigenvalue weighted by atomic mass is 16.5. The van der Waals surface area contributed by atoms with Crippen LogP contribution in [0.3, 0.4) is 0 Å².